The molecule has 0 atom stereocenters. The van der Waals surface area contributed by atoms with Gasteiger partial charge in [-0.25, -0.2) is 0 Å². The highest BCUT2D eigenvalue weighted by Gasteiger charge is 2.02. The number of nitrogens with two attached hydrogens (primary N) is 2. The average Bonchev–Trinajstić information content (AvgIpc) is 2.69. The first-order valence-electron chi connectivity index (χ1n) is 11.6. The van der Waals surface area contributed by atoms with Crippen molar-refractivity contribution in [1.82, 2.24) is 10.6 Å². The summed E-state index contributed by atoms with van der Waals surface area (Å²) < 4.78 is 0. The third kappa shape index (κ3) is 21.2. The summed E-state index contributed by atoms with van der Waals surface area (Å²) in [5, 5.41) is 5.99. The SMILES string of the molecule is NCCCCCCNC(=O)CCCCCCCCC(=O)NCCCCCCN. The topological polar surface area (TPSA) is 110 Å². The van der Waals surface area contributed by atoms with Gasteiger partial charge in [0.15, 0.2) is 0 Å². The maximum Gasteiger partial charge on any atom is 0.219 e. The molecule has 0 spiro atoms. The predicted octanol–water partition coefficient (Wildman–Crippen LogP) is 3.38. The smallest absolute Gasteiger partial charge is 0.219 e. The summed E-state index contributed by atoms with van der Waals surface area (Å²) in [6.45, 7) is 3.10. The van der Waals surface area contributed by atoms with Gasteiger partial charge in [-0.1, -0.05) is 51.4 Å². The zero-order chi connectivity index (χ0) is 20.7. The second-order valence-electron chi connectivity index (χ2n) is 7.73. The van der Waals surface area contributed by atoms with Crippen LogP contribution in [-0.4, -0.2) is 38.0 Å². The molecule has 0 rings (SSSR count). The number of rotatable bonds is 21. The van der Waals surface area contributed by atoms with Crippen molar-refractivity contribution < 1.29 is 9.59 Å². The van der Waals surface area contributed by atoms with E-state index in [0.717, 1.165) is 116 Å². The fourth-order valence-electron chi connectivity index (χ4n) is 3.16. The van der Waals surface area contributed by atoms with Crippen molar-refractivity contribution in [3.63, 3.8) is 0 Å². The van der Waals surface area contributed by atoms with E-state index in [0.29, 0.717) is 12.8 Å². The Balaban J connectivity index is 3.25. The Morgan fingerprint density at radius 1 is 0.464 bits per heavy atom. The molecule has 0 aliphatic rings. The number of amides is 2. The van der Waals surface area contributed by atoms with E-state index in [1.807, 2.05) is 0 Å². The van der Waals surface area contributed by atoms with Gasteiger partial charge in [0.2, 0.25) is 11.8 Å². The molecule has 0 aliphatic heterocycles. The molecule has 0 aliphatic carbocycles. The summed E-state index contributed by atoms with van der Waals surface area (Å²) in [7, 11) is 0. The lowest BCUT2D eigenvalue weighted by Gasteiger charge is -2.06. The maximum absolute atomic E-state index is 11.7. The minimum Gasteiger partial charge on any atom is -0.356 e. The second kappa shape index (κ2) is 22.2. The van der Waals surface area contributed by atoms with E-state index >= 15 is 0 Å². The normalized spacial score (nSPS) is 10.8. The lowest BCUT2D eigenvalue weighted by molar-refractivity contribution is -0.122. The first kappa shape index (κ1) is 26.9. The molecule has 0 aromatic carbocycles. The monoisotopic (exact) mass is 398 g/mol. The van der Waals surface area contributed by atoms with Crippen molar-refractivity contribution in [3.8, 4) is 0 Å². The van der Waals surface area contributed by atoms with E-state index in [2.05, 4.69) is 10.6 Å². The lowest BCUT2D eigenvalue weighted by atomic mass is 10.1. The fraction of sp³-hybridized carbons (Fsp3) is 0.909. The van der Waals surface area contributed by atoms with Crippen LogP contribution in [0.5, 0.6) is 0 Å². The van der Waals surface area contributed by atoms with Crippen LogP contribution in [0.3, 0.4) is 0 Å². The van der Waals surface area contributed by atoms with E-state index in [1.165, 1.54) is 0 Å². The van der Waals surface area contributed by atoms with Crippen LogP contribution in [0.25, 0.3) is 0 Å². The molecule has 28 heavy (non-hydrogen) atoms. The second-order valence-corrected chi connectivity index (χ2v) is 7.73. The highest BCUT2D eigenvalue weighted by Crippen LogP contribution is 2.09. The third-order valence-corrected chi connectivity index (χ3v) is 4.96. The molecule has 6 N–H and O–H groups in total. The van der Waals surface area contributed by atoms with Crippen molar-refractivity contribution >= 4 is 11.8 Å². The largest absolute Gasteiger partial charge is 0.356 e. The van der Waals surface area contributed by atoms with E-state index in [1.54, 1.807) is 0 Å². The minimum atomic E-state index is 0.179. The van der Waals surface area contributed by atoms with Gasteiger partial charge in [-0.2, -0.15) is 0 Å². The van der Waals surface area contributed by atoms with Crippen molar-refractivity contribution in [2.75, 3.05) is 26.2 Å². The van der Waals surface area contributed by atoms with Crippen LogP contribution in [0.1, 0.15) is 103 Å². The Kier molecular flexibility index (Phi) is 21.3. The fourth-order valence-corrected chi connectivity index (χ4v) is 3.16. The maximum atomic E-state index is 11.7. The van der Waals surface area contributed by atoms with Crippen LogP contribution in [0.2, 0.25) is 0 Å². The van der Waals surface area contributed by atoms with Gasteiger partial charge < -0.3 is 22.1 Å². The Morgan fingerprint density at radius 2 is 0.786 bits per heavy atom. The number of nitrogens with one attached hydrogen (secondary N) is 2. The standard InChI is InChI=1S/C22H46N4O2/c23-17-11-5-7-13-19-25-21(27)15-9-3-1-2-4-10-16-22(28)26-20-14-8-6-12-18-24/h1-20,23-24H2,(H,25,27)(H,26,28). The van der Waals surface area contributed by atoms with Crippen molar-refractivity contribution in [2.45, 2.75) is 103 Å². The van der Waals surface area contributed by atoms with Gasteiger partial charge in [0, 0.05) is 25.9 Å². The van der Waals surface area contributed by atoms with Gasteiger partial charge >= 0.3 is 0 Å². The van der Waals surface area contributed by atoms with Crippen molar-refractivity contribution in [1.29, 1.82) is 0 Å². The number of unbranched alkanes of at least 4 members (excludes halogenated alkanes) is 11. The average molecular weight is 399 g/mol. The molecule has 0 aromatic heterocycles. The Bertz CT molecular complexity index is 330. The molecule has 0 heterocycles. The molecule has 166 valence electrons. The lowest BCUT2D eigenvalue weighted by Crippen LogP contribution is -2.24. The summed E-state index contributed by atoms with van der Waals surface area (Å²) in [5.41, 5.74) is 10.9. The highest BCUT2D eigenvalue weighted by molar-refractivity contribution is 5.76. The number of carbonyl (C=O) groups excluding carboxylic acids is 2. The Labute approximate surface area is 173 Å². The van der Waals surface area contributed by atoms with E-state index in [-0.39, 0.29) is 11.8 Å². The zero-order valence-electron chi connectivity index (χ0n) is 18.1. The third-order valence-electron chi connectivity index (χ3n) is 4.96. The van der Waals surface area contributed by atoms with Gasteiger partial charge in [-0.05, 0) is 51.6 Å². The van der Waals surface area contributed by atoms with Gasteiger partial charge in [-0.15, -0.1) is 0 Å². The predicted molar refractivity (Wildman–Crippen MR) is 118 cm³/mol. The van der Waals surface area contributed by atoms with E-state index in [4.69, 9.17) is 11.5 Å². The molecule has 6 nitrogen and oxygen atoms in total. The first-order valence-corrected chi connectivity index (χ1v) is 11.6. The molecule has 0 aromatic rings. The highest BCUT2D eigenvalue weighted by atomic mass is 16.2. The van der Waals surface area contributed by atoms with Crippen molar-refractivity contribution in [3.05, 3.63) is 0 Å². The molecule has 0 saturated heterocycles. The molecule has 0 fully saturated rings. The number of carbonyl (C=O) groups is 2. The van der Waals surface area contributed by atoms with Crippen LogP contribution >= 0.6 is 0 Å². The summed E-state index contributed by atoms with van der Waals surface area (Å²) in [4.78, 5) is 23.4. The van der Waals surface area contributed by atoms with Gasteiger partial charge in [0.25, 0.3) is 0 Å². The van der Waals surface area contributed by atoms with Crippen LogP contribution in [-0.2, 0) is 9.59 Å². The van der Waals surface area contributed by atoms with E-state index in [9.17, 15) is 9.59 Å². The molecular formula is C22H46N4O2. The molecule has 0 radical (unpaired) electrons. The molecular weight excluding hydrogens is 352 g/mol. The molecule has 6 heteroatoms. The summed E-state index contributed by atoms with van der Waals surface area (Å²) in [6.07, 6.45) is 16.5. The molecule has 2 amide bonds. The molecule has 0 saturated carbocycles. The minimum absolute atomic E-state index is 0.179. The first-order chi connectivity index (χ1) is 13.7. The summed E-state index contributed by atoms with van der Waals surface area (Å²) in [5.74, 6) is 0.358. The van der Waals surface area contributed by atoms with Crippen molar-refractivity contribution in [2.24, 2.45) is 11.5 Å². The number of hydrogen-bond donors (Lipinski definition) is 4. The molecule has 0 unspecified atom stereocenters. The summed E-state index contributed by atoms with van der Waals surface area (Å²) >= 11 is 0. The Morgan fingerprint density at radius 3 is 1.18 bits per heavy atom. The zero-order valence-corrected chi connectivity index (χ0v) is 18.1. The van der Waals surface area contributed by atoms with E-state index < -0.39 is 0 Å². The Hall–Kier alpha value is -1.14. The van der Waals surface area contributed by atoms with Gasteiger partial charge in [0.05, 0.1) is 0 Å². The molecule has 0 bridgehead atoms. The number of hydrogen-bond acceptors (Lipinski definition) is 4. The van der Waals surface area contributed by atoms with Crippen LogP contribution in [0, 0.1) is 0 Å². The van der Waals surface area contributed by atoms with Gasteiger partial charge in [0.1, 0.15) is 0 Å². The summed E-state index contributed by atoms with van der Waals surface area (Å²) in [6, 6.07) is 0. The quantitative estimate of drug-likeness (QED) is 0.222. The van der Waals surface area contributed by atoms with Crippen LogP contribution in [0.4, 0.5) is 0 Å². The van der Waals surface area contributed by atoms with Crippen LogP contribution < -0.4 is 22.1 Å². The van der Waals surface area contributed by atoms with Gasteiger partial charge in [-0.3, -0.25) is 9.59 Å². The van der Waals surface area contributed by atoms with Crippen LogP contribution in [0.15, 0.2) is 0 Å².